The van der Waals surface area contributed by atoms with Crippen LogP contribution in [0.1, 0.15) is 46.7 Å². The highest BCUT2D eigenvalue weighted by Crippen LogP contribution is 2.42. The van der Waals surface area contributed by atoms with E-state index in [2.05, 4.69) is 51.1 Å². The SMILES string of the molecule is Cc1c(Cl)cccc1-n1c(C)cc([C@H]2[C@@H](c3ccccn3)NC(=S)N2CCC(=O)Nc2ccc(F)cc2)c1C. The maximum atomic E-state index is 13.3. The van der Waals surface area contributed by atoms with Gasteiger partial charge in [-0.3, -0.25) is 9.78 Å². The molecule has 0 spiro atoms. The zero-order valence-electron chi connectivity index (χ0n) is 21.9. The van der Waals surface area contributed by atoms with Gasteiger partial charge in [-0.15, -0.1) is 0 Å². The molecule has 2 N–H and O–H groups in total. The summed E-state index contributed by atoms with van der Waals surface area (Å²) >= 11 is 12.3. The van der Waals surface area contributed by atoms with E-state index < -0.39 is 0 Å². The van der Waals surface area contributed by atoms with Crippen LogP contribution in [0.15, 0.2) is 72.9 Å². The Balaban J connectivity index is 1.48. The lowest BCUT2D eigenvalue weighted by Crippen LogP contribution is -2.32. The van der Waals surface area contributed by atoms with Crippen molar-refractivity contribution < 1.29 is 9.18 Å². The first-order valence-electron chi connectivity index (χ1n) is 12.7. The number of amides is 1. The fourth-order valence-corrected chi connectivity index (χ4v) is 5.76. The standard InChI is InChI=1S/C30H29ClFN5OS/c1-18-17-23(20(3)37(18)26-9-6-7-24(31)19(26)2)29-28(25-8-4-5-15-33-25)35-30(39)36(29)16-14-27(38)34-22-12-10-21(32)11-13-22/h4-13,15,17,28-29H,14,16H2,1-3H3,(H,34,38)(H,35,39)/t28-,29+/m1/s1. The summed E-state index contributed by atoms with van der Waals surface area (Å²) in [6.45, 7) is 6.59. The van der Waals surface area contributed by atoms with Crippen molar-refractivity contribution in [3.05, 3.63) is 112 Å². The second-order valence-electron chi connectivity index (χ2n) is 9.67. The lowest BCUT2D eigenvalue weighted by atomic mass is 9.96. The van der Waals surface area contributed by atoms with Gasteiger partial charge in [0, 0.05) is 46.9 Å². The Morgan fingerprint density at radius 3 is 2.59 bits per heavy atom. The number of hydrogen-bond donors (Lipinski definition) is 2. The monoisotopic (exact) mass is 561 g/mol. The van der Waals surface area contributed by atoms with Gasteiger partial charge in [0.15, 0.2) is 5.11 Å². The molecule has 2 atom stereocenters. The van der Waals surface area contributed by atoms with Crippen LogP contribution in [0.25, 0.3) is 5.69 Å². The zero-order valence-corrected chi connectivity index (χ0v) is 23.5. The number of thiocarbonyl (C=S) groups is 1. The van der Waals surface area contributed by atoms with Gasteiger partial charge >= 0.3 is 0 Å². The van der Waals surface area contributed by atoms with E-state index in [-0.39, 0.29) is 30.2 Å². The van der Waals surface area contributed by atoms with Gasteiger partial charge < -0.3 is 20.1 Å². The number of aromatic nitrogens is 2. The molecule has 1 saturated heterocycles. The van der Waals surface area contributed by atoms with E-state index in [1.165, 1.54) is 12.1 Å². The maximum Gasteiger partial charge on any atom is 0.226 e. The number of hydrogen-bond acceptors (Lipinski definition) is 3. The van der Waals surface area contributed by atoms with E-state index >= 15 is 0 Å². The molecule has 4 aromatic rings. The van der Waals surface area contributed by atoms with Gasteiger partial charge in [0.1, 0.15) is 5.82 Å². The van der Waals surface area contributed by atoms with Crippen LogP contribution in [0.5, 0.6) is 0 Å². The van der Waals surface area contributed by atoms with Crippen molar-refractivity contribution in [3.8, 4) is 5.69 Å². The number of benzene rings is 2. The minimum atomic E-state index is -0.351. The Morgan fingerprint density at radius 1 is 1.10 bits per heavy atom. The largest absolute Gasteiger partial charge is 0.352 e. The molecule has 0 bridgehead atoms. The number of nitrogens with zero attached hydrogens (tertiary/aromatic N) is 3. The quantitative estimate of drug-likeness (QED) is 0.249. The molecule has 1 aliphatic heterocycles. The third-order valence-electron chi connectivity index (χ3n) is 7.17. The second kappa shape index (κ2) is 11.2. The molecule has 1 aliphatic rings. The van der Waals surface area contributed by atoms with Crippen LogP contribution < -0.4 is 10.6 Å². The Labute approximate surface area is 237 Å². The first kappa shape index (κ1) is 26.8. The highest BCUT2D eigenvalue weighted by atomic mass is 35.5. The van der Waals surface area contributed by atoms with Crippen LogP contribution in [0.3, 0.4) is 0 Å². The lowest BCUT2D eigenvalue weighted by Gasteiger charge is -2.28. The van der Waals surface area contributed by atoms with E-state index in [1.807, 2.05) is 37.3 Å². The molecule has 0 saturated carbocycles. The number of carbonyl (C=O) groups excluding carboxylic acids is 1. The van der Waals surface area contributed by atoms with Crippen LogP contribution in [0, 0.1) is 26.6 Å². The summed E-state index contributed by atoms with van der Waals surface area (Å²) in [6.07, 6.45) is 1.98. The van der Waals surface area contributed by atoms with E-state index in [0.717, 1.165) is 33.9 Å². The van der Waals surface area contributed by atoms with Crippen molar-refractivity contribution in [2.45, 2.75) is 39.3 Å². The topological polar surface area (TPSA) is 62.2 Å². The lowest BCUT2D eigenvalue weighted by molar-refractivity contribution is -0.116. The Hall–Kier alpha value is -3.75. The number of carbonyl (C=O) groups is 1. The summed E-state index contributed by atoms with van der Waals surface area (Å²) in [5, 5.41) is 7.57. The molecular formula is C30H29ClFN5OS. The van der Waals surface area contributed by atoms with Crippen molar-refractivity contribution in [1.29, 1.82) is 0 Å². The van der Waals surface area contributed by atoms with Gasteiger partial charge in [-0.05, 0) is 98.7 Å². The molecule has 39 heavy (non-hydrogen) atoms. The molecule has 6 nitrogen and oxygen atoms in total. The molecule has 200 valence electrons. The Kier molecular flexibility index (Phi) is 7.68. The minimum Gasteiger partial charge on any atom is -0.352 e. The fraction of sp³-hybridized carbons (Fsp3) is 0.233. The Morgan fingerprint density at radius 2 is 1.87 bits per heavy atom. The second-order valence-corrected chi connectivity index (χ2v) is 10.5. The average Bonchev–Trinajstić information content (AvgIpc) is 3.40. The predicted octanol–water partition coefficient (Wildman–Crippen LogP) is 6.59. The molecule has 1 amide bonds. The summed E-state index contributed by atoms with van der Waals surface area (Å²) in [4.78, 5) is 19.5. The zero-order chi connectivity index (χ0) is 27.7. The molecule has 0 aliphatic carbocycles. The van der Waals surface area contributed by atoms with Crippen molar-refractivity contribution >= 4 is 40.5 Å². The molecule has 5 rings (SSSR count). The van der Waals surface area contributed by atoms with Crippen molar-refractivity contribution in [2.24, 2.45) is 0 Å². The number of aryl methyl sites for hydroxylation is 1. The van der Waals surface area contributed by atoms with Gasteiger partial charge in [-0.25, -0.2) is 4.39 Å². The van der Waals surface area contributed by atoms with Gasteiger partial charge in [-0.1, -0.05) is 23.7 Å². The van der Waals surface area contributed by atoms with Crippen molar-refractivity contribution in [3.63, 3.8) is 0 Å². The van der Waals surface area contributed by atoms with E-state index in [4.69, 9.17) is 23.8 Å². The molecule has 3 heterocycles. The summed E-state index contributed by atoms with van der Waals surface area (Å²) in [6, 6.07) is 19.3. The molecule has 2 aromatic carbocycles. The van der Waals surface area contributed by atoms with E-state index in [9.17, 15) is 9.18 Å². The normalized spacial score (nSPS) is 16.8. The minimum absolute atomic E-state index is 0.176. The van der Waals surface area contributed by atoms with Crippen LogP contribution in [0.4, 0.5) is 10.1 Å². The van der Waals surface area contributed by atoms with E-state index in [1.54, 1.807) is 18.3 Å². The predicted molar refractivity (Wildman–Crippen MR) is 157 cm³/mol. The maximum absolute atomic E-state index is 13.3. The third-order valence-corrected chi connectivity index (χ3v) is 7.94. The molecule has 2 aromatic heterocycles. The smallest absolute Gasteiger partial charge is 0.226 e. The number of halogens is 2. The summed E-state index contributed by atoms with van der Waals surface area (Å²) in [7, 11) is 0. The highest BCUT2D eigenvalue weighted by molar-refractivity contribution is 7.80. The van der Waals surface area contributed by atoms with Crippen LogP contribution in [-0.2, 0) is 4.79 Å². The molecular weight excluding hydrogens is 533 g/mol. The van der Waals surface area contributed by atoms with Gasteiger partial charge in [0.05, 0.1) is 17.8 Å². The fourth-order valence-electron chi connectivity index (χ4n) is 5.26. The van der Waals surface area contributed by atoms with Gasteiger partial charge in [-0.2, -0.15) is 0 Å². The first-order chi connectivity index (χ1) is 18.7. The molecule has 0 radical (unpaired) electrons. The van der Waals surface area contributed by atoms with Crippen molar-refractivity contribution in [1.82, 2.24) is 19.8 Å². The third kappa shape index (κ3) is 5.40. The number of pyridine rings is 1. The number of nitrogens with one attached hydrogen (secondary N) is 2. The van der Waals surface area contributed by atoms with E-state index in [0.29, 0.717) is 22.4 Å². The van der Waals surface area contributed by atoms with Crippen LogP contribution in [-0.4, -0.2) is 32.0 Å². The molecule has 9 heteroatoms. The van der Waals surface area contributed by atoms with Gasteiger partial charge in [0.25, 0.3) is 0 Å². The van der Waals surface area contributed by atoms with Gasteiger partial charge in [0.2, 0.25) is 5.91 Å². The summed E-state index contributed by atoms with van der Waals surface area (Å²) in [5.74, 6) is -0.528. The van der Waals surface area contributed by atoms with Crippen LogP contribution >= 0.6 is 23.8 Å². The molecule has 0 unspecified atom stereocenters. The summed E-state index contributed by atoms with van der Waals surface area (Å²) < 4.78 is 15.5. The summed E-state index contributed by atoms with van der Waals surface area (Å²) in [5.41, 5.74) is 6.67. The first-order valence-corrected chi connectivity index (χ1v) is 13.5. The Bertz CT molecular complexity index is 1520. The average molecular weight is 562 g/mol. The number of rotatable bonds is 7. The van der Waals surface area contributed by atoms with Crippen LogP contribution in [0.2, 0.25) is 5.02 Å². The van der Waals surface area contributed by atoms with Crippen molar-refractivity contribution in [2.75, 3.05) is 11.9 Å². The highest BCUT2D eigenvalue weighted by Gasteiger charge is 2.41. The number of anilines is 1. The molecule has 1 fully saturated rings.